The smallest absolute Gasteiger partial charge is 0.220 e. The first-order chi connectivity index (χ1) is 6.86. The zero-order valence-electron chi connectivity index (χ0n) is 9.99. The first-order valence-electron chi connectivity index (χ1n) is 5.32. The Balaban J connectivity index is 0.000000423. The largest absolute Gasteiger partial charge is 0.394 e. The first-order valence-corrected chi connectivity index (χ1v) is 5.32. The third-order valence-electron chi connectivity index (χ3n) is 2.13. The van der Waals surface area contributed by atoms with Crippen LogP contribution in [-0.2, 0) is 9.59 Å². The third-order valence-corrected chi connectivity index (χ3v) is 2.13. The number of hydrogen-bond acceptors (Lipinski definition) is 3. The molecule has 0 aromatic carbocycles. The summed E-state index contributed by atoms with van der Waals surface area (Å²) in [7, 11) is 0. The minimum Gasteiger partial charge on any atom is -0.394 e. The van der Waals surface area contributed by atoms with Crippen molar-refractivity contribution in [1.29, 1.82) is 0 Å². The second-order valence-electron chi connectivity index (χ2n) is 4.07. The minimum absolute atomic E-state index is 0.0164. The van der Waals surface area contributed by atoms with E-state index in [0.717, 1.165) is 19.4 Å². The van der Waals surface area contributed by atoms with Crippen molar-refractivity contribution in [2.75, 3.05) is 6.54 Å². The van der Waals surface area contributed by atoms with Gasteiger partial charge in [-0.2, -0.15) is 0 Å². The van der Waals surface area contributed by atoms with Crippen molar-refractivity contribution in [2.24, 2.45) is 0 Å². The van der Waals surface area contributed by atoms with E-state index in [4.69, 9.17) is 5.11 Å². The third kappa shape index (κ3) is 5.52. The van der Waals surface area contributed by atoms with Crippen molar-refractivity contribution in [2.45, 2.75) is 52.7 Å². The van der Waals surface area contributed by atoms with Gasteiger partial charge in [0.15, 0.2) is 5.78 Å². The van der Waals surface area contributed by atoms with Gasteiger partial charge in [0.1, 0.15) is 0 Å². The Kier molecular flexibility index (Phi) is 6.17. The molecule has 0 aromatic rings. The van der Waals surface area contributed by atoms with E-state index in [-0.39, 0.29) is 23.8 Å². The van der Waals surface area contributed by atoms with Crippen molar-refractivity contribution in [3.05, 3.63) is 0 Å². The van der Waals surface area contributed by atoms with Crippen molar-refractivity contribution >= 4 is 11.7 Å². The van der Waals surface area contributed by atoms with E-state index < -0.39 is 0 Å². The predicted molar refractivity (Wildman–Crippen MR) is 58.4 cm³/mol. The molecule has 4 heteroatoms. The van der Waals surface area contributed by atoms with E-state index in [1.807, 2.05) is 0 Å². The van der Waals surface area contributed by atoms with Crippen LogP contribution in [0.4, 0.5) is 0 Å². The summed E-state index contributed by atoms with van der Waals surface area (Å²) in [6.07, 6.45) is 1.64. The van der Waals surface area contributed by atoms with Crippen LogP contribution in [-0.4, -0.2) is 40.4 Å². The number of amides is 1. The average Bonchev–Trinajstić information content (AvgIpc) is 2.49. The molecule has 1 unspecified atom stereocenters. The second kappa shape index (κ2) is 6.56. The van der Waals surface area contributed by atoms with Gasteiger partial charge in [0, 0.05) is 19.6 Å². The summed E-state index contributed by atoms with van der Waals surface area (Å²) in [5.41, 5.74) is 0. The van der Waals surface area contributed by atoms with E-state index in [0.29, 0.717) is 0 Å². The molecule has 0 radical (unpaired) electrons. The van der Waals surface area contributed by atoms with Gasteiger partial charge in [-0.15, -0.1) is 0 Å². The SMILES string of the molecule is CC(=O)C1CCCN1C(C)=O.CC(C)O. The Hall–Kier alpha value is -0.900. The molecule has 4 nitrogen and oxygen atoms in total. The van der Waals surface area contributed by atoms with Crippen molar-refractivity contribution in [3.63, 3.8) is 0 Å². The molecule has 0 saturated carbocycles. The molecule has 1 atom stereocenters. The molecule has 1 aliphatic heterocycles. The highest BCUT2D eigenvalue weighted by Gasteiger charge is 2.29. The Morgan fingerprint density at radius 3 is 2.07 bits per heavy atom. The van der Waals surface area contributed by atoms with Gasteiger partial charge >= 0.3 is 0 Å². The standard InChI is InChI=1S/C8H13NO2.C3H8O/c1-6(10)8-4-3-5-9(8)7(2)11;1-3(2)4/h8H,3-5H2,1-2H3;3-4H,1-2H3. The molecule has 0 bridgehead atoms. The lowest BCUT2D eigenvalue weighted by Crippen LogP contribution is -2.37. The normalized spacial score (nSPS) is 19.9. The molecule has 0 aromatic heterocycles. The summed E-state index contributed by atoms with van der Waals surface area (Å²) in [6, 6.07) is -0.132. The molecule has 0 aliphatic carbocycles. The Bertz CT molecular complexity index is 203. The number of ketones is 1. The highest BCUT2D eigenvalue weighted by molar-refractivity contribution is 5.87. The van der Waals surface area contributed by atoms with Crippen LogP contribution >= 0.6 is 0 Å². The molecule has 1 rings (SSSR count). The van der Waals surface area contributed by atoms with Crippen LogP contribution in [0.15, 0.2) is 0 Å². The van der Waals surface area contributed by atoms with Crippen LogP contribution in [0, 0.1) is 0 Å². The van der Waals surface area contributed by atoms with Gasteiger partial charge in [-0.1, -0.05) is 0 Å². The summed E-state index contributed by atoms with van der Waals surface area (Å²) < 4.78 is 0. The van der Waals surface area contributed by atoms with Crippen LogP contribution < -0.4 is 0 Å². The fraction of sp³-hybridized carbons (Fsp3) is 0.818. The molecule has 1 amide bonds. The van der Waals surface area contributed by atoms with Gasteiger partial charge in [0.05, 0.1) is 6.04 Å². The van der Waals surface area contributed by atoms with Crippen LogP contribution in [0.2, 0.25) is 0 Å². The maximum atomic E-state index is 11.0. The van der Waals surface area contributed by atoms with E-state index in [9.17, 15) is 9.59 Å². The van der Waals surface area contributed by atoms with Crippen LogP contribution in [0.25, 0.3) is 0 Å². The summed E-state index contributed by atoms with van der Waals surface area (Å²) >= 11 is 0. The van der Waals surface area contributed by atoms with Crippen molar-refractivity contribution in [1.82, 2.24) is 4.90 Å². The van der Waals surface area contributed by atoms with E-state index in [2.05, 4.69) is 0 Å². The van der Waals surface area contributed by atoms with Gasteiger partial charge in [-0.05, 0) is 33.6 Å². The number of likely N-dealkylation sites (tertiary alicyclic amines) is 1. The maximum Gasteiger partial charge on any atom is 0.220 e. The van der Waals surface area contributed by atoms with Gasteiger partial charge < -0.3 is 10.0 Å². The number of carbonyl (C=O) groups is 2. The molecule has 1 N–H and O–H groups in total. The lowest BCUT2D eigenvalue weighted by molar-refractivity contribution is -0.135. The number of aliphatic hydroxyl groups excluding tert-OH is 1. The molecule has 1 fully saturated rings. The molecule has 1 heterocycles. The second-order valence-corrected chi connectivity index (χ2v) is 4.07. The van der Waals surface area contributed by atoms with Crippen LogP contribution in [0.3, 0.4) is 0 Å². The molecular formula is C11H21NO3. The van der Waals surface area contributed by atoms with E-state index in [1.165, 1.54) is 6.92 Å². The van der Waals surface area contributed by atoms with Gasteiger partial charge in [0.2, 0.25) is 5.91 Å². The number of Topliss-reactive ketones (excluding diaryl/α,β-unsaturated/α-hetero) is 1. The quantitative estimate of drug-likeness (QED) is 0.709. The van der Waals surface area contributed by atoms with Gasteiger partial charge in [0.25, 0.3) is 0 Å². The highest BCUT2D eigenvalue weighted by Crippen LogP contribution is 2.17. The summed E-state index contributed by atoms with van der Waals surface area (Å²) in [4.78, 5) is 23.6. The number of hydrogen-bond donors (Lipinski definition) is 1. The van der Waals surface area contributed by atoms with Gasteiger partial charge in [-0.25, -0.2) is 0 Å². The summed E-state index contributed by atoms with van der Waals surface area (Å²) in [6.45, 7) is 7.26. The maximum absolute atomic E-state index is 11.0. The zero-order chi connectivity index (χ0) is 12.0. The van der Waals surface area contributed by atoms with Crippen LogP contribution in [0.1, 0.15) is 40.5 Å². The Labute approximate surface area is 91.3 Å². The lowest BCUT2D eigenvalue weighted by atomic mass is 10.1. The molecule has 1 aliphatic rings. The van der Waals surface area contributed by atoms with Gasteiger partial charge in [-0.3, -0.25) is 9.59 Å². The Morgan fingerprint density at radius 1 is 1.33 bits per heavy atom. The van der Waals surface area contributed by atoms with Crippen LogP contribution in [0.5, 0.6) is 0 Å². The molecular weight excluding hydrogens is 194 g/mol. The predicted octanol–water partition coefficient (Wildman–Crippen LogP) is 0.973. The fourth-order valence-corrected chi connectivity index (χ4v) is 1.57. The number of aliphatic hydroxyl groups is 1. The van der Waals surface area contributed by atoms with E-state index in [1.54, 1.807) is 25.7 Å². The molecule has 1 saturated heterocycles. The number of rotatable bonds is 1. The highest BCUT2D eigenvalue weighted by atomic mass is 16.3. The first kappa shape index (κ1) is 14.1. The number of carbonyl (C=O) groups excluding carboxylic acids is 2. The Morgan fingerprint density at radius 2 is 1.80 bits per heavy atom. The zero-order valence-corrected chi connectivity index (χ0v) is 9.99. The monoisotopic (exact) mass is 215 g/mol. The molecule has 15 heavy (non-hydrogen) atoms. The summed E-state index contributed by atoms with van der Waals surface area (Å²) in [5.74, 6) is 0.125. The van der Waals surface area contributed by atoms with Crippen molar-refractivity contribution in [3.8, 4) is 0 Å². The van der Waals surface area contributed by atoms with Crippen molar-refractivity contribution < 1.29 is 14.7 Å². The average molecular weight is 215 g/mol. The topological polar surface area (TPSA) is 57.6 Å². The summed E-state index contributed by atoms with van der Waals surface area (Å²) in [5, 5.41) is 8.06. The fourth-order valence-electron chi connectivity index (χ4n) is 1.57. The lowest BCUT2D eigenvalue weighted by Gasteiger charge is -2.20. The van der Waals surface area contributed by atoms with E-state index >= 15 is 0 Å². The number of nitrogens with zero attached hydrogens (tertiary/aromatic N) is 1. The molecule has 0 spiro atoms. The molecule has 88 valence electrons. The minimum atomic E-state index is -0.167.